The molecule has 32 heavy (non-hydrogen) atoms. The van der Waals surface area contributed by atoms with E-state index in [4.69, 9.17) is 10.5 Å². The Bertz CT molecular complexity index is 1360. The number of nitrogens with two attached hydrogens (primary N) is 1. The number of hydrogen-bond acceptors (Lipinski definition) is 5. The van der Waals surface area contributed by atoms with Crippen molar-refractivity contribution < 1.29 is 13.5 Å². The van der Waals surface area contributed by atoms with Gasteiger partial charge in [-0.1, -0.05) is 0 Å². The first-order valence-corrected chi connectivity index (χ1v) is 9.97. The number of anilines is 1. The predicted octanol–water partition coefficient (Wildman–Crippen LogP) is 3.62. The summed E-state index contributed by atoms with van der Waals surface area (Å²) < 4.78 is 36.5. The first-order valence-electron chi connectivity index (χ1n) is 9.97. The molecular weight excluding hydrogens is 416 g/mol. The molecule has 0 spiro atoms. The van der Waals surface area contributed by atoms with Gasteiger partial charge in [-0.15, -0.1) is 0 Å². The van der Waals surface area contributed by atoms with Gasteiger partial charge in [0.05, 0.1) is 11.9 Å². The molecule has 2 aromatic carbocycles. The first-order chi connectivity index (χ1) is 15.2. The Balaban J connectivity index is 1.87. The molecule has 0 saturated carbocycles. The Labute approximate surface area is 183 Å². The lowest BCUT2D eigenvalue weighted by Gasteiger charge is -2.14. The molecule has 4 aromatic rings. The molecular formula is C23H23F2N5O2. The minimum atomic E-state index is -0.827. The number of pyridine rings is 1. The van der Waals surface area contributed by atoms with Crippen LogP contribution in [0.2, 0.25) is 0 Å². The summed E-state index contributed by atoms with van der Waals surface area (Å²) in [5.74, 6) is -1.36. The molecule has 0 saturated heterocycles. The predicted molar refractivity (Wildman–Crippen MR) is 120 cm³/mol. The van der Waals surface area contributed by atoms with Crippen molar-refractivity contribution in [2.45, 2.75) is 6.54 Å². The normalized spacial score (nSPS) is 11.4. The molecule has 0 bridgehead atoms. The summed E-state index contributed by atoms with van der Waals surface area (Å²) in [6.45, 7) is 1.35. The molecule has 0 aliphatic heterocycles. The highest BCUT2D eigenvalue weighted by molar-refractivity contribution is 5.94. The van der Waals surface area contributed by atoms with Gasteiger partial charge in [-0.25, -0.2) is 8.78 Å². The first kappa shape index (κ1) is 21.5. The number of aryl methyl sites for hydroxylation is 1. The number of aromatic nitrogens is 3. The van der Waals surface area contributed by atoms with Crippen LogP contribution in [0.1, 0.15) is 0 Å². The summed E-state index contributed by atoms with van der Waals surface area (Å²) in [4.78, 5) is 14.8. The minimum absolute atomic E-state index is 0.130. The lowest BCUT2D eigenvalue weighted by molar-refractivity contribution is 0.374. The van der Waals surface area contributed by atoms with E-state index in [0.717, 1.165) is 18.7 Å². The van der Waals surface area contributed by atoms with Gasteiger partial charge in [0, 0.05) is 48.9 Å². The highest BCUT2D eigenvalue weighted by Gasteiger charge is 2.18. The highest BCUT2D eigenvalue weighted by Crippen LogP contribution is 2.38. The van der Waals surface area contributed by atoms with Crippen LogP contribution in [-0.2, 0) is 13.6 Å². The Morgan fingerprint density at radius 3 is 2.53 bits per heavy atom. The number of fused-ring (bicyclic) bond motifs is 1. The molecule has 2 aromatic heterocycles. The van der Waals surface area contributed by atoms with Gasteiger partial charge in [-0.3, -0.25) is 9.48 Å². The number of nitrogens with zero attached hydrogens (tertiary/aromatic N) is 4. The van der Waals surface area contributed by atoms with Gasteiger partial charge in [0.15, 0.2) is 11.6 Å². The average Bonchev–Trinajstić information content (AvgIpc) is 3.17. The largest absolute Gasteiger partial charge is 0.454 e. The SMILES string of the molecule is CN(C)CCn1cc2c(=O)n(C)cc(-c3cc(N)ccc3Oc3ccc(F)cc3F)c2n1. The number of benzene rings is 2. The van der Waals surface area contributed by atoms with E-state index in [2.05, 4.69) is 5.10 Å². The van der Waals surface area contributed by atoms with Crippen LogP contribution in [0.4, 0.5) is 14.5 Å². The number of rotatable bonds is 6. The maximum Gasteiger partial charge on any atom is 0.261 e. The van der Waals surface area contributed by atoms with E-state index in [1.807, 2.05) is 19.0 Å². The standard InChI is InChI=1S/C23H23F2N5O2/c1-28(2)8-9-30-13-18-22(27-30)17(12-29(3)23(18)31)16-11-15(26)5-7-20(16)32-21-6-4-14(24)10-19(21)25/h4-7,10-13H,8-9,26H2,1-3H3. The number of hydrogen-bond donors (Lipinski definition) is 1. The second-order valence-corrected chi connectivity index (χ2v) is 7.85. The zero-order chi connectivity index (χ0) is 23.0. The summed E-state index contributed by atoms with van der Waals surface area (Å²) in [6.07, 6.45) is 3.37. The Kier molecular flexibility index (Phi) is 5.67. The lowest BCUT2D eigenvalue weighted by Crippen LogP contribution is -2.18. The maximum absolute atomic E-state index is 14.2. The topological polar surface area (TPSA) is 78.3 Å². The van der Waals surface area contributed by atoms with E-state index in [-0.39, 0.29) is 11.3 Å². The summed E-state index contributed by atoms with van der Waals surface area (Å²) in [5.41, 5.74) is 7.93. The second kappa shape index (κ2) is 8.43. The van der Waals surface area contributed by atoms with E-state index in [9.17, 15) is 13.6 Å². The number of nitrogen functional groups attached to an aromatic ring is 1. The van der Waals surface area contributed by atoms with Crippen molar-refractivity contribution in [1.29, 1.82) is 0 Å². The van der Waals surface area contributed by atoms with Crippen LogP contribution in [0.5, 0.6) is 11.5 Å². The molecule has 0 unspecified atom stereocenters. The lowest BCUT2D eigenvalue weighted by atomic mass is 10.0. The van der Waals surface area contributed by atoms with E-state index < -0.39 is 11.6 Å². The zero-order valence-corrected chi connectivity index (χ0v) is 18.0. The van der Waals surface area contributed by atoms with Crippen molar-refractivity contribution in [3.63, 3.8) is 0 Å². The van der Waals surface area contributed by atoms with E-state index in [0.29, 0.717) is 40.0 Å². The van der Waals surface area contributed by atoms with Gasteiger partial charge in [-0.2, -0.15) is 5.10 Å². The molecule has 7 nitrogen and oxygen atoms in total. The Morgan fingerprint density at radius 1 is 1.06 bits per heavy atom. The summed E-state index contributed by atoms with van der Waals surface area (Å²) in [6, 6.07) is 7.99. The summed E-state index contributed by atoms with van der Waals surface area (Å²) >= 11 is 0. The third-order valence-electron chi connectivity index (χ3n) is 5.07. The molecule has 0 atom stereocenters. The second-order valence-electron chi connectivity index (χ2n) is 7.85. The minimum Gasteiger partial charge on any atom is -0.454 e. The average molecular weight is 439 g/mol. The van der Waals surface area contributed by atoms with Crippen LogP contribution < -0.4 is 16.0 Å². The van der Waals surface area contributed by atoms with Crippen molar-refractivity contribution >= 4 is 16.6 Å². The van der Waals surface area contributed by atoms with Gasteiger partial charge < -0.3 is 19.9 Å². The fourth-order valence-corrected chi connectivity index (χ4v) is 3.42. The third-order valence-corrected chi connectivity index (χ3v) is 5.07. The van der Waals surface area contributed by atoms with E-state index >= 15 is 0 Å². The van der Waals surface area contributed by atoms with E-state index in [1.165, 1.54) is 10.6 Å². The fraction of sp³-hybridized carbons (Fsp3) is 0.217. The Morgan fingerprint density at radius 2 is 1.81 bits per heavy atom. The number of likely N-dealkylation sites (N-methyl/N-ethyl adjacent to an activating group) is 1. The number of ether oxygens (including phenoxy) is 1. The van der Waals surface area contributed by atoms with Crippen LogP contribution >= 0.6 is 0 Å². The van der Waals surface area contributed by atoms with Crippen molar-refractivity contribution in [3.8, 4) is 22.6 Å². The van der Waals surface area contributed by atoms with Gasteiger partial charge in [0.1, 0.15) is 17.1 Å². The van der Waals surface area contributed by atoms with Crippen molar-refractivity contribution in [3.05, 3.63) is 70.8 Å². The van der Waals surface area contributed by atoms with Crippen LogP contribution in [0, 0.1) is 11.6 Å². The molecule has 166 valence electrons. The molecule has 0 aliphatic rings. The van der Waals surface area contributed by atoms with E-state index in [1.54, 1.807) is 42.3 Å². The van der Waals surface area contributed by atoms with Crippen LogP contribution in [0.25, 0.3) is 22.0 Å². The van der Waals surface area contributed by atoms with Gasteiger partial charge in [-0.05, 0) is 44.4 Å². The van der Waals surface area contributed by atoms with Crippen molar-refractivity contribution in [2.24, 2.45) is 7.05 Å². The van der Waals surface area contributed by atoms with Gasteiger partial charge in [0.25, 0.3) is 5.56 Å². The van der Waals surface area contributed by atoms with Crippen molar-refractivity contribution in [1.82, 2.24) is 19.2 Å². The highest BCUT2D eigenvalue weighted by atomic mass is 19.1. The molecule has 0 aliphatic carbocycles. The summed E-state index contributed by atoms with van der Waals surface area (Å²) in [7, 11) is 5.56. The third kappa shape index (κ3) is 4.19. The molecule has 0 amide bonds. The maximum atomic E-state index is 14.2. The molecule has 4 rings (SSSR count). The molecule has 2 heterocycles. The van der Waals surface area contributed by atoms with Gasteiger partial charge >= 0.3 is 0 Å². The fourth-order valence-electron chi connectivity index (χ4n) is 3.42. The van der Waals surface area contributed by atoms with Gasteiger partial charge in [0.2, 0.25) is 0 Å². The summed E-state index contributed by atoms with van der Waals surface area (Å²) in [5, 5.41) is 5.08. The number of halogens is 2. The molecule has 9 heteroatoms. The Hall–Kier alpha value is -3.72. The van der Waals surface area contributed by atoms with Crippen LogP contribution in [-0.4, -0.2) is 39.9 Å². The smallest absolute Gasteiger partial charge is 0.261 e. The van der Waals surface area contributed by atoms with Crippen LogP contribution in [0.3, 0.4) is 0 Å². The zero-order valence-electron chi connectivity index (χ0n) is 18.0. The molecule has 0 radical (unpaired) electrons. The van der Waals surface area contributed by atoms with Crippen molar-refractivity contribution in [2.75, 3.05) is 26.4 Å². The monoisotopic (exact) mass is 439 g/mol. The van der Waals surface area contributed by atoms with Crippen LogP contribution in [0.15, 0.2) is 53.6 Å². The quantitative estimate of drug-likeness (QED) is 0.465. The molecule has 0 fully saturated rings. The molecule has 2 N–H and O–H groups in total.